The van der Waals surface area contributed by atoms with E-state index in [0.29, 0.717) is 12.4 Å². The molecule has 106 valence electrons. The minimum Gasteiger partial charge on any atom is -0.381 e. The normalized spacial score (nSPS) is 10.3. The maximum atomic E-state index is 13.7. The molecule has 5 nitrogen and oxygen atoms in total. The lowest BCUT2D eigenvalue weighted by atomic mass is 10.1. The highest BCUT2D eigenvalue weighted by Crippen LogP contribution is 2.20. The average molecular weight is 280 g/mol. The molecular formula is C13H14F2N4O. The van der Waals surface area contributed by atoms with Gasteiger partial charge in [0.15, 0.2) is 0 Å². The number of rotatable bonds is 5. The van der Waals surface area contributed by atoms with E-state index in [1.54, 1.807) is 19.3 Å². The number of aromatic amines is 1. The van der Waals surface area contributed by atoms with E-state index in [1.807, 2.05) is 0 Å². The van der Waals surface area contributed by atoms with Crippen molar-refractivity contribution in [2.24, 2.45) is 0 Å². The largest absolute Gasteiger partial charge is 0.381 e. The molecule has 0 spiro atoms. The molecule has 0 saturated heterocycles. The molecule has 0 saturated carbocycles. The number of aromatic nitrogens is 2. The van der Waals surface area contributed by atoms with Crippen LogP contribution in [-0.4, -0.2) is 22.4 Å². The highest BCUT2D eigenvalue weighted by molar-refractivity contribution is 5.94. The summed E-state index contributed by atoms with van der Waals surface area (Å²) in [7, 11) is 0. The van der Waals surface area contributed by atoms with Crippen LogP contribution in [0.5, 0.6) is 0 Å². The Morgan fingerprint density at radius 1 is 1.35 bits per heavy atom. The summed E-state index contributed by atoms with van der Waals surface area (Å²) in [4.78, 5) is 18.5. The summed E-state index contributed by atoms with van der Waals surface area (Å²) < 4.78 is 27.3. The van der Waals surface area contributed by atoms with Gasteiger partial charge in [-0.3, -0.25) is 4.79 Å². The minimum atomic E-state index is -0.796. The standard InChI is InChI=1S/C13H14F2N4O/c1-2-16-12-9(14)5-8(6-10(12)15)13(20)19-7-11-17-3-4-18-11/h3-6,16H,2,7H2,1H3,(H,17,18)(H,19,20). The van der Waals surface area contributed by atoms with Gasteiger partial charge in [0, 0.05) is 24.5 Å². The molecule has 0 radical (unpaired) electrons. The predicted octanol–water partition coefficient (Wildman–Crippen LogP) is 2.05. The molecule has 0 aliphatic carbocycles. The number of H-pyrrole nitrogens is 1. The first kappa shape index (κ1) is 14.0. The van der Waals surface area contributed by atoms with E-state index in [4.69, 9.17) is 0 Å². The summed E-state index contributed by atoms with van der Waals surface area (Å²) in [5.41, 5.74) is -0.303. The van der Waals surface area contributed by atoms with E-state index >= 15 is 0 Å². The number of halogens is 2. The molecule has 2 aromatic rings. The van der Waals surface area contributed by atoms with Crippen LogP contribution >= 0.6 is 0 Å². The third-order valence-corrected chi connectivity index (χ3v) is 2.63. The van der Waals surface area contributed by atoms with Crippen molar-refractivity contribution < 1.29 is 13.6 Å². The average Bonchev–Trinajstić information content (AvgIpc) is 2.93. The van der Waals surface area contributed by atoms with Gasteiger partial charge in [-0.2, -0.15) is 0 Å². The SMILES string of the molecule is CCNc1c(F)cc(C(=O)NCc2ncc[nH]2)cc1F. The topological polar surface area (TPSA) is 69.8 Å². The van der Waals surface area contributed by atoms with Crippen LogP contribution in [0, 0.1) is 11.6 Å². The van der Waals surface area contributed by atoms with Crippen LogP contribution in [0.4, 0.5) is 14.5 Å². The molecule has 1 aromatic carbocycles. The molecule has 1 heterocycles. The van der Waals surface area contributed by atoms with Crippen molar-refractivity contribution in [3.8, 4) is 0 Å². The Hall–Kier alpha value is -2.44. The van der Waals surface area contributed by atoms with Crippen molar-refractivity contribution in [2.45, 2.75) is 13.5 Å². The Labute approximate surface area is 114 Å². The maximum Gasteiger partial charge on any atom is 0.251 e. The van der Waals surface area contributed by atoms with Crippen LogP contribution in [0.25, 0.3) is 0 Å². The number of carbonyl (C=O) groups is 1. The summed E-state index contributed by atoms with van der Waals surface area (Å²) >= 11 is 0. The van der Waals surface area contributed by atoms with Gasteiger partial charge in [0.2, 0.25) is 0 Å². The van der Waals surface area contributed by atoms with Crippen LogP contribution in [0.2, 0.25) is 0 Å². The van der Waals surface area contributed by atoms with Crippen molar-refractivity contribution >= 4 is 11.6 Å². The molecule has 0 aliphatic heterocycles. The minimum absolute atomic E-state index is 0.0757. The monoisotopic (exact) mass is 280 g/mol. The molecule has 0 bridgehead atoms. The zero-order chi connectivity index (χ0) is 14.5. The Balaban J connectivity index is 2.10. The summed E-state index contributed by atoms with van der Waals surface area (Å²) in [5.74, 6) is -1.60. The summed E-state index contributed by atoms with van der Waals surface area (Å²) in [6.45, 7) is 2.27. The fourth-order valence-electron chi connectivity index (χ4n) is 1.71. The quantitative estimate of drug-likeness (QED) is 0.785. The molecule has 1 aromatic heterocycles. The molecule has 0 fully saturated rings. The number of benzene rings is 1. The maximum absolute atomic E-state index is 13.7. The number of nitrogens with one attached hydrogen (secondary N) is 3. The molecule has 0 aliphatic rings. The van der Waals surface area contributed by atoms with Gasteiger partial charge in [-0.15, -0.1) is 0 Å². The first-order valence-corrected chi connectivity index (χ1v) is 6.11. The van der Waals surface area contributed by atoms with E-state index in [1.165, 1.54) is 0 Å². The van der Waals surface area contributed by atoms with Crippen molar-refractivity contribution in [1.29, 1.82) is 0 Å². The lowest BCUT2D eigenvalue weighted by Crippen LogP contribution is -2.24. The van der Waals surface area contributed by atoms with Gasteiger partial charge in [-0.25, -0.2) is 13.8 Å². The lowest BCUT2D eigenvalue weighted by molar-refractivity contribution is 0.0949. The Bertz CT molecular complexity index is 575. The van der Waals surface area contributed by atoms with E-state index in [-0.39, 0.29) is 17.8 Å². The second-order valence-corrected chi connectivity index (χ2v) is 4.06. The molecule has 3 N–H and O–H groups in total. The molecular weight excluding hydrogens is 266 g/mol. The first-order valence-electron chi connectivity index (χ1n) is 6.11. The van der Waals surface area contributed by atoms with Crippen LogP contribution < -0.4 is 10.6 Å². The molecule has 1 amide bonds. The van der Waals surface area contributed by atoms with Crippen LogP contribution in [0.1, 0.15) is 23.1 Å². The van der Waals surface area contributed by atoms with Crippen LogP contribution in [0.15, 0.2) is 24.5 Å². The molecule has 2 rings (SSSR count). The summed E-state index contributed by atoms with van der Waals surface area (Å²) in [5, 5.41) is 5.09. The number of anilines is 1. The zero-order valence-corrected chi connectivity index (χ0v) is 10.8. The number of hydrogen-bond acceptors (Lipinski definition) is 3. The number of nitrogens with zero attached hydrogens (tertiary/aromatic N) is 1. The van der Waals surface area contributed by atoms with Gasteiger partial charge >= 0.3 is 0 Å². The smallest absolute Gasteiger partial charge is 0.251 e. The first-order chi connectivity index (χ1) is 9.61. The number of amides is 1. The number of imidazole rings is 1. The third-order valence-electron chi connectivity index (χ3n) is 2.63. The van der Waals surface area contributed by atoms with Gasteiger partial charge < -0.3 is 15.6 Å². The number of hydrogen-bond donors (Lipinski definition) is 3. The Morgan fingerprint density at radius 3 is 2.60 bits per heavy atom. The molecule has 20 heavy (non-hydrogen) atoms. The van der Waals surface area contributed by atoms with Gasteiger partial charge in [-0.1, -0.05) is 0 Å². The summed E-state index contributed by atoms with van der Waals surface area (Å²) in [6, 6.07) is 2.00. The second-order valence-electron chi connectivity index (χ2n) is 4.06. The molecule has 0 atom stereocenters. The molecule has 0 unspecified atom stereocenters. The highest BCUT2D eigenvalue weighted by atomic mass is 19.1. The van der Waals surface area contributed by atoms with Gasteiger partial charge in [0.25, 0.3) is 5.91 Å². The van der Waals surface area contributed by atoms with Crippen molar-refractivity contribution in [3.05, 3.63) is 47.5 Å². The van der Waals surface area contributed by atoms with Crippen LogP contribution in [-0.2, 0) is 6.54 Å². The lowest BCUT2D eigenvalue weighted by Gasteiger charge is -2.09. The van der Waals surface area contributed by atoms with Crippen molar-refractivity contribution in [3.63, 3.8) is 0 Å². The van der Waals surface area contributed by atoms with Gasteiger partial charge in [-0.05, 0) is 19.1 Å². The van der Waals surface area contributed by atoms with E-state index in [9.17, 15) is 13.6 Å². The molecule has 7 heteroatoms. The predicted molar refractivity (Wildman–Crippen MR) is 70.3 cm³/mol. The van der Waals surface area contributed by atoms with E-state index < -0.39 is 17.5 Å². The van der Waals surface area contributed by atoms with E-state index in [0.717, 1.165) is 12.1 Å². The van der Waals surface area contributed by atoms with Crippen molar-refractivity contribution in [2.75, 3.05) is 11.9 Å². The third kappa shape index (κ3) is 3.11. The summed E-state index contributed by atoms with van der Waals surface area (Å²) in [6.07, 6.45) is 3.16. The van der Waals surface area contributed by atoms with Gasteiger partial charge in [0.1, 0.15) is 23.1 Å². The zero-order valence-electron chi connectivity index (χ0n) is 10.8. The fraction of sp³-hybridized carbons (Fsp3) is 0.231. The second kappa shape index (κ2) is 6.14. The van der Waals surface area contributed by atoms with E-state index in [2.05, 4.69) is 20.6 Å². The fourth-order valence-corrected chi connectivity index (χ4v) is 1.71. The van der Waals surface area contributed by atoms with Crippen molar-refractivity contribution in [1.82, 2.24) is 15.3 Å². The van der Waals surface area contributed by atoms with Gasteiger partial charge in [0.05, 0.1) is 6.54 Å². The Kier molecular flexibility index (Phi) is 4.29. The van der Waals surface area contributed by atoms with Crippen LogP contribution in [0.3, 0.4) is 0 Å². The number of carbonyl (C=O) groups excluding carboxylic acids is 1. The highest BCUT2D eigenvalue weighted by Gasteiger charge is 2.14. The Morgan fingerprint density at radius 2 is 2.05 bits per heavy atom.